The van der Waals surface area contributed by atoms with Gasteiger partial charge in [-0.05, 0) is 24.0 Å². The largest absolute Gasteiger partial charge is 0.437 e. The Morgan fingerprint density at radius 3 is 2.19 bits per heavy atom. The Hall–Kier alpha value is -3.71. The number of rotatable bonds is 3. The highest BCUT2D eigenvalue weighted by Crippen LogP contribution is 2.37. The summed E-state index contributed by atoms with van der Waals surface area (Å²) in [6, 6.07) is 18.2. The molecule has 7 heteroatoms. The molecule has 0 aliphatic carbocycles. The van der Waals surface area contributed by atoms with Crippen LogP contribution in [0.15, 0.2) is 66.7 Å². The molecule has 5 rings (SSSR count). The normalized spacial score (nSPS) is 20.0. The van der Waals surface area contributed by atoms with Crippen molar-refractivity contribution >= 4 is 11.9 Å². The van der Waals surface area contributed by atoms with Crippen molar-refractivity contribution in [3.63, 3.8) is 0 Å². The van der Waals surface area contributed by atoms with E-state index in [1.165, 1.54) is 0 Å². The van der Waals surface area contributed by atoms with E-state index in [1.807, 2.05) is 54.1 Å². The van der Waals surface area contributed by atoms with Crippen LogP contribution in [0.2, 0.25) is 0 Å². The van der Waals surface area contributed by atoms with Crippen molar-refractivity contribution in [1.29, 1.82) is 0 Å². The van der Waals surface area contributed by atoms with Crippen LogP contribution in [0.25, 0.3) is 22.5 Å². The summed E-state index contributed by atoms with van der Waals surface area (Å²) in [5.74, 6) is -0.445. The molecule has 0 N–H and O–H groups in total. The van der Waals surface area contributed by atoms with Crippen LogP contribution in [0.4, 0.5) is 0 Å². The molecular weight excluding hydrogens is 406 g/mol. The van der Waals surface area contributed by atoms with E-state index in [1.54, 1.807) is 0 Å². The highest BCUT2D eigenvalue weighted by atomic mass is 16.6. The van der Waals surface area contributed by atoms with Crippen LogP contribution >= 0.6 is 0 Å². The lowest BCUT2D eigenvalue weighted by molar-refractivity contribution is -0.153. The quantitative estimate of drug-likeness (QED) is 0.589. The molecule has 0 amide bonds. The smallest absolute Gasteiger partial charge is 0.337 e. The molecule has 3 heterocycles. The summed E-state index contributed by atoms with van der Waals surface area (Å²) in [4.78, 5) is 31.2. The monoisotopic (exact) mass is 429 g/mol. The molecule has 7 nitrogen and oxygen atoms in total. The SMILES string of the molecule is Cn1c(-c2ccc(-c3ccccc3)cc2)nc2c1C(N1CCCC1)OC(=O)/C=C/C(=O)O2. The van der Waals surface area contributed by atoms with Gasteiger partial charge in [-0.1, -0.05) is 54.6 Å². The number of nitrogens with zero attached hydrogens (tertiary/aromatic N) is 3. The van der Waals surface area contributed by atoms with Gasteiger partial charge in [0.05, 0.1) is 0 Å². The van der Waals surface area contributed by atoms with Gasteiger partial charge in [-0.15, -0.1) is 0 Å². The fourth-order valence-electron chi connectivity index (χ4n) is 4.23. The average molecular weight is 429 g/mol. The molecule has 3 aromatic rings. The highest BCUT2D eigenvalue weighted by Gasteiger charge is 2.35. The van der Waals surface area contributed by atoms with Gasteiger partial charge in [-0.3, -0.25) is 4.90 Å². The highest BCUT2D eigenvalue weighted by molar-refractivity contribution is 5.93. The maximum absolute atomic E-state index is 12.3. The maximum Gasteiger partial charge on any atom is 0.337 e. The van der Waals surface area contributed by atoms with E-state index in [9.17, 15) is 9.59 Å². The second-order valence-corrected chi connectivity index (χ2v) is 7.91. The van der Waals surface area contributed by atoms with E-state index in [-0.39, 0.29) is 5.88 Å². The van der Waals surface area contributed by atoms with E-state index in [4.69, 9.17) is 9.47 Å². The number of hydrogen-bond acceptors (Lipinski definition) is 6. The minimum absolute atomic E-state index is 0.163. The number of carbonyl (C=O) groups excluding carboxylic acids is 2. The van der Waals surface area contributed by atoms with Crippen LogP contribution < -0.4 is 4.74 Å². The molecule has 162 valence electrons. The molecule has 2 aromatic carbocycles. The fourth-order valence-corrected chi connectivity index (χ4v) is 4.23. The number of imidazole rings is 1. The third kappa shape index (κ3) is 3.83. The Morgan fingerprint density at radius 1 is 0.844 bits per heavy atom. The molecule has 2 aliphatic rings. The van der Waals surface area contributed by atoms with E-state index >= 15 is 0 Å². The van der Waals surface area contributed by atoms with Crippen molar-refractivity contribution in [3.8, 4) is 28.4 Å². The summed E-state index contributed by atoms with van der Waals surface area (Å²) >= 11 is 0. The van der Waals surface area contributed by atoms with Gasteiger partial charge in [-0.25, -0.2) is 9.59 Å². The Morgan fingerprint density at radius 2 is 1.47 bits per heavy atom. The molecule has 0 saturated carbocycles. The van der Waals surface area contributed by atoms with Gasteiger partial charge >= 0.3 is 11.9 Å². The molecule has 0 bridgehead atoms. The summed E-state index contributed by atoms with van der Waals surface area (Å²) < 4.78 is 13.1. The van der Waals surface area contributed by atoms with E-state index in [0.717, 1.165) is 54.8 Å². The Balaban J connectivity index is 1.57. The number of carbonyl (C=O) groups is 2. The van der Waals surface area contributed by atoms with Crippen molar-refractivity contribution in [3.05, 3.63) is 72.4 Å². The fraction of sp³-hybridized carbons (Fsp3) is 0.240. The summed E-state index contributed by atoms with van der Waals surface area (Å²) in [7, 11) is 1.85. The number of ether oxygens (including phenoxy) is 2. The number of benzene rings is 2. The first-order valence-corrected chi connectivity index (χ1v) is 10.7. The molecule has 1 fully saturated rings. The number of likely N-dealkylation sites (tertiary alicyclic amines) is 1. The summed E-state index contributed by atoms with van der Waals surface area (Å²) in [6.07, 6.45) is 3.53. The van der Waals surface area contributed by atoms with Gasteiger partial charge in [0.25, 0.3) is 0 Å². The third-order valence-corrected chi connectivity index (χ3v) is 5.84. The molecular formula is C25H23N3O4. The van der Waals surface area contributed by atoms with Gasteiger partial charge in [0, 0.05) is 37.9 Å². The van der Waals surface area contributed by atoms with Crippen LogP contribution in [0.5, 0.6) is 5.88 Å². The van der Waals surface area contributed by atoms with Crippen LogP contribution in [-0.2, 0) is 21.4 Å². The molecule has 1 aromatic heterocycles. The Bertz CT molecular complexity index is 1180. The summed E-state index contributed by atoms with van der Waals surface area (Å²) in [5, 5.41) is 0. The molecule has 1 saturated heterocycles. The number of esters is 2. The summed E-state index contributed by atoms with van der Waals surface area (Å²) in [5.41, 5.74) is 3.65. The lowest BCUT2D eigenvalue weighted by Crippen LogP contribution is -2.31. The minimum Gasteiger partial charge on any atom is -0.437 e. The Kier molecular flexibility index (Phi) is 5.33. The van der Waals surface area contributed by atoms with Crippen molar-refractivity contribution in [2.75, 3.05) is 13.1 Å². The van der Waals surface area contributed by atoms with Crippen molar-refractivity contribution in [2.45, 2.75) is 19.1 Å². The number of aromatic nitrogens is 2. The van der Waals surface area contributed by atoms with E-state index in [2.05, 4.69) is 22.0 Å². The van der Waals surface area contributed by atoms with Crippen LogP contribution in [-0.4, -0.2) is 39.5 Å². The zero-order valence-corrected chi connectivity index (χ0v) is 17.7. The lowest BCUT2D eigenvalue weighted by atomic mass is 10.0. The Labute approximate surface area is 185 Å². The van der Waals surface area contributed by atoms with Gasteiger partial charge < -0.3 is 14.0 Å². The first kappa shape index (κ1) is 20.2. The van der Waals surface area contributed by atoms with E-state index < -0.39 is 18.2 Å². The van der Waals surface area contributed by atoms with Gasteiger partial charge in [0.2, 0.25) is 12.1 Å². The maximum atomic E-state index is 12.3. The molecule has 0 radical (unpaired) electrons. The van der Waals surface area contributed by atoms with Crippen LogP contribution in [0, 0.1) is 0 Å². The topological polar surface area (TPSA) is 73.7 Å². The first-order valence-electron chi connectivity index (χ1n) is 10.7. The van der Waals surface area contributed by atoms with Gasteiger partial charge in [-0.2, -0.15) is 4.98 Å². The van der Waals surface area contributed by atoms with Crippen LogP contribution in [0.3, 0.4) is 0 Å². The molecule has 1 atom stereocenters. The molecule has 1 unspecified atom stereocenters. The molecule has 2 aliphatic heterocycles. The number of cyclic esters (lactones) is 1. The van der Waals surface area contributed by atoms with Crippen molar-refractivity contribution < 1.29 is 19.1 Å². The predicted molar refractivity (Wildman–Crippen MR) is 118 cm³/mol. The minimum atomic E-state index is -0.676. The second kappa shape index (κ2) is 8.43. The molecule has 32 heavy (non-hydrogen) atoms. The number of hydrogen-bond donors (Lipinski definition) is 0. The lowest BCUT2D eigenvalue weighted by Gasteiger charge is -2.27. The van der Waals surface area contributed by atoms with E-state index in [0.29, 0.717) is 11.5 Å². The molecule has 0 spiro atoms. The van der Waals surface area contributed by atoms with Gasteiger partial charge in [0.15, 0.2) is 0 Å². The van der Waals surface area contributed by atoms with Crippen molar-refractivity contribution in [2.24, 2.45) is 7.05 Å². The first-order chi connectivity index (χ1) is 15.6. The average Bonchev–Trinajstić information content (AvgIpc) is 3.46. The predicted octanol–water partition coefficient (Wildman–Crippen LogP) is 3.87. The summed E-state index contributed by atoms with van der Waals surface area (Å²) in [6.45, 7) is 1.59. The zero-order chi connectivity index (χ0) is 22.1. The van der Waals surface area contributed by atoms with Crippen molar-refractivity contribution in [1.82, 2.24) is 14.5 Å². The standard InChI is InChI=1S/C25H23N3O4/c1-27-22-24(31-20(29)13-14-21(30)32-25(22)28-15-5-6-16-28)26-23(27)19-11-9-18(10-12-19)17-7-3-2-4-8-17/h2-4,7-14,25H,5-6,15-16H2,1H3/b14-13+. The number of fused-ring (bicyclic) bond motifs is 1. The zero-order valence-electron chi connectivity index (χ0n) is 17.7. The second-order valence-electron chi connectivity index (χ2n) is 7.91. The van der Waals surface area contributed by atoms with Gasteiger partial charge in [0.1, 0.15) is 11.5 Å². The third-order valence-electron chi connectivity index (χ3n) is 5.84. The van der Waals surface area contributed by atoms with Crippen LogP contribution in [0.1, 0.15) is 24.8 Å².